The van der Waals surface area contributed by atoms with E-state index in [1.807, 2.05) is 24.8 Å². The number of hydrogen-bond donors (Lipinski definition) is 2. The van der Waals surface area contributed by atoms with Crippen LogP contribution in [0, 0.1) is 0 Å². The number of nitrogens with zero attached hydrogens (tertiary/aromatic N) is 2. The van der Waals surface area contributed by atoms with Crippen LogP contribution in [0.3, 0.4) is 0 Å². The molecule has 1 amide bonds. The normalized spacial score (nSPS) is 19.5. The third-order valence-corrected chi connectivity index (χ3v) is 3.00. The fourth-order valence-corrected chi connectivity index (χ4v) is 2.15. The Balaban J connectivity index is 2.21. The molecule has 19 heavy (non-hydrogen) atoms. The predicted octanol–water partition coefficient (Wildman–Crippen LogP) is 0.394. The molecule has 3 N–H and O–H groups in total. The molecule has 1 aliphatic heterocycles. The van der Waals surface area contributed by atoms with Crippen molar-refractivity contribution in [1.82, 2.24) is 10.3 Å². The van der Waals surface area contributed by atoms with E-state index < -0.39 is 0 Å². The Kier molecular flexibility index (Phi) is 4.21. The first kappa shape index (κ1) is 13.6. The molecule has 0 saturated carbocycles. The number of nitrogens with two attached hydrogens (primary N) is 1. The molecule has 0 radical (unpaired) electrons. The maximum absolute atomic E-state index is 12.2. The third kappa shape index (κ3) is 3.14. The Bertz CT molecular complexity index is 450. The van der Waals surface area contributed by atoms with E-state index in [4.69, 9.17) is 10.5 Å². The maximum Gasteiger partial charge on any atom is 0.245 e. The third-order valence-electron chi connectivity index (χ3n) is 3.00. The van der Waals surface area contributed by atoms with Gasteiger partial charge in [-0.25, -0.2) is 0 Å². The van der Waals surface area contributed by atoms with Crippen molar-refractivity contribution >= 4 is 17.3 Å². The van der Waals surface area contributed by atoms with Crippen molar-refractivity contribution in [2.24, 2.45) is 0 Å². The molecular formula is C13H20N4O2. The summed E-state index contributed by atoms with van der Waals surface area (Å²) in [5.41, 5.74) is 7.35. The highest BCUT2D eigenvalue weighted by atomic mass is 16.5. The number of amides is 1. The van der Waals surface area contributed by atoms with E-state index >= 15 is 0 Å². The molecule has 2 heterocycles. The first-order valence-electron chi connectivity index (χ1n) is 6.44. The monoisotopic (exact) mass is 264 g/mol. The molecule has 1 unspecified atom stereocenters. The lowest BCUT2D eigenvalue weighted by Crippen LogP contribution is -2.55. The molecule has 1 fully saturated rings. The van der Waals surface area contributed by atoms with Crippen LogP contribution in [0.1, 0.15) is 13.8 Å². The molecule has 0 aromatic carbocycles. The second kappa shape index (κ2) is 5.88. The van der Waals surface area contributed by atoms with Gasteiger partial charge in [0.2, 0.25) is 5.91 Å². The summed E-state index contributed by atoms with van der Waals surface area (Å²) >= 11 is 0. The number of hydrogen-bond acceptors (Lipinski definition) is 5. The Morgan fingerprint density at radius 3 is 3.11 bits per heavy atom. The van der Waals surface area contributed by atoms with E-state index in [0.29, 0.717) is 25.4 Å². The van der Waals surface area contributed by atoms with E-state index in [1.165, 1.54) is 0 Å². The lowest BCUT2D eigenvalue weighted by molar-refractivity contribution is -0.125. The molecular weight excluding hydrogens is 244 g/mol. The fourth-order valence-electron chi connectivity index (χ4n) is 2.15. The van der Waals surface area contributed by atoms with Gasteiger partial charge in [-0.2, -0.15) is 0 Å². The van der Waals surface area contributed by atoms with Crippen LogP contribution >= 0.6 is 0 Å². The first-order chi connectivity index (χ1) is 9.09. The second-order valence-corrected chi connectivity index (χ2v) is 4.88. The summed E-state index contributed by atoms with van der Waals surface area (Å²) in [6, 6.07) is 1.59. The van der Waals surface area contributed by atoms with Crippen molar-refractivity contribution in [1.29, 1.82) is 0 Å². The largest absolute Gasteiger partial charge is 0.396 e. The standard InChI is InChI=1S/C13H20N4O2/c1-9(2)16-13(18)12-8-19-6-5-17(12)11-3-4-15-7-10(11)14/h3-4,7,9,12H,5-6,8,14H2,1-2H3,(H,16,18). The van der Waals surface area contributed by atoms with Gasteiger partial charge in [0, 0.05) is 18.8 Å². The van der Waals surface area contributed by atoms with Crippen LogP contribution in [-0.4, -0.2) is 42.7 Å². The van der Waals surface area contributed by atoms with Crippen molar-refractivity contribution in [2.45, 2.75) is 25.9 Å². The second-order valence-electron chi connectivity index (χ2n) is 4.88. The molecule has 2 rings (SSSR count). The number of nitrogen functional groups attached to an aromatic ring is 1. The van der Waals surface area contributed by atoms with Crippen LogP contribution < -0.4 is 16.0 Å². The van der Waals surface area contributed by atoms with Crippen LogP contribution in [-0.2, 0) is 9.53 Å². The van der Waals surface area contributed by atoms with Crippen LogP contribution in [0.25, 0.3) is 0 Å². The van der Waals surface area contributed by atoms with Gasteiger partial charge in [0.25, 0.3) is 0 Å². The van der Waals surface area contributed by atoms with E-state index in [2.05, 4.69) is 10.3 Å². The molecule has 1 aromatic rings. The summed E-state index contributed by atoms with van der Waals surface area (Å²) < 4.78 is 5.42. The van der Waals surface area contributed by atoms with Gasteiger partial charge in [0.05, 0.1) is 30.8 Å². The molecule has 1 atom stereocenters. The van der Waals surface area contributed by atoms with Gasteiger partial charge in [-0.05, 0) is 19.9 Å². The highest BCUT2D eigenvalue weighted by Crippen LogP contribution is 2.25. The highest BCUT2D eigenvalue weighted by Gasteiger charge is 2.30. The Morgan fingerprint density at radius 2 is 2.42 bits per heavy atom. The quantitative estimate of drug-likeness (QED) is 0.825. The number of morpholine rings is 1. The minimum Gasteiger partial charge on any atom is -0.396 e. The Hall–Kier alpha value is -1.82. The van der Waals surface area contributed by atoms with E-state index in [0.717, 1.165) is 5.69 Å². The van der Waals surface area contributed by atoms with Crippen molar-refractivity contribution in [2.75, 3.05) is 30.4 Å². The molecule has 6 nitrogen and oxygen atoms in total. The van der Waals surface area contributed by atoms with Gasteiger partial charge in [0.15, 0.2) is 0 Å². The number of carbonyl (C=O) groups excluding carboxylic acids is 1. The summed E-state index contributed by atoms with van der Waals surface area (Å²) in [6.07, 6.45) is 3.28. The number of anilines is 2. The van der Waals surface area contributed by atoms with Crippen LogP contribution in [0.15, 0.2) is 18.5 Å². The topological polar surface area (TPSA) is 80.5 Å². The number of pyridine rings is 1. The zero-order chi connectivity index (χ0) is 13.8. The molecule has 1 saturated heterocycles. The van der Waals surface area contributed by atoms with Crippen LogP contribution in [0.5, 0.6) is 0 Å². The average molecular weight is 264 g/mol. The lowest BCUT2D eigenvalue weighted by atomic mass is 10.1. The number of aromatic nitrogens is 1. The summed E-state index contributed by atoms with van der Waals surface area (Å²) in [4.78, 5) is 18.2. The molecule has 0 aliphatic carbocycles. The summed E-state index contributed by atoms with van der Waals surface area (Å²) in [5.74, 6) is -0.0362. The highest BCUT2D eigenvalue weighted by molar-refractivity contribution is 5.87. The van der Waals surface area contributed by atoms with Gasteiger partial charge in [-0.15, -0.1) is 0 Å². The number of ether oxygens (including phenoxy) is 1. The lowest BCUT2D eigenvalue weighted by Gasteiger charge is -2.37. The van der Waals surface area contributed by atoms with Gasteiger partial charge < -0.3 is 20.7 Å². The zero-order valence-electron chi connectivity index (χ0n) is 11.3. The van der Waals surface area contributed by atoms with Gasteiger partial charge in [-0.3, -0.25) is 9.78 Å². The molecule has 0 bridgehead atoms. The fraction of sp³-hybridized carbons (Fsp3) is 0.538. The number of rotatable bonds is 3. The van der Waals surface area contributed by atoms with Crippen molar-refractivity contribution < 1.29 is 9.53 Å². The molecule has 0 spiro atoms. The SMILES string of the molecule is CC(C)NC(=O)C1COCCN1c1ccncc1N. The van der Waals surface area contributed by atoms with E-state index in [-0.39, 0.29) is 18.0 Å². The molecule has 1 aromatic heterocycles. The predicted molar refractivity (Wildman–Crippen MR) is 73.9 cm³/mol. The van der Waals surface area contributed by atoms with Crippen molar-refractivity contribution in [3.05, 3.63) is 18.5 Å². The Labute approximate surface area is 112 Å². The molecule has 104 valence electrons. The van der Waals surface area contributed by atoms with Crippen LogP contribution in [0.2, 0.25) is 0 Å². The summed E-state index contributed by atoms with van der Waals surface area (Å²) in [6.45, 7) is 5.48. The van der Waals surface area contributed by atoms with Crippen LogP contribution in [0.4, 0.5) is 11.4 Å². The minimum atomic E-state index is -0.346. The molecule has 6 heteroatoms. The van der Waals surface area contributed by atoms with Gasteiger partial charge in [0.1, 0.15) is 6.04 Å². The minimum absolute atomic E-state index is 0.0362. The van der Waals surface area contributed by atoms with Gasteiger partial charge in [-0.1, -0.05) is 0 Å². The van der Waals surface area contributed by atoms with Crippen molar-refractivity contribution in [3.8, 4) is 0 Å². The van der Waals surface area contributed by atoms with E-state index in [1.54, 1.807) is 12.4 Å². The van der Waals surface area contributed by atoms with Gasteiger partial charge >= 0.3 is 0 Å². The number of nitrogens with one attached hydrogen (secondary N) is 1. The summed E-state index contributed by atoms with van der Waals surface area (Å²) in [5, 5.41) is 2.91. The first-order valence-corrected chi connectivity index (χ1v) is 6.44. The molecule has 1 aliphatic rings. The number of carbonyl (C=O) groups is 1. The zero-order valence-corrected chi connectivity index (χ0v) is 11.3. The van der Waals surface area contributed by atoms with Crippen molar-refractivity contribution in [3.63, 3.8) is 0 Å². The smallest absolute Gasteiger partial charge is 0.245 e. The Morgan fingerprint density at radius 1 is 1.63 bits per heavy atom. The average Bonchev–Trinajstić information content (AvgIpc) is 2.38. The summed E-state index contributed by atoms with van der Waals surface area (Å²) in [7, 11) is 0. The maximum atomic E-state index is 12.2. The van der Waals surface area contributed by atoms with E-state index in [9.17, 15) is 4.79 Å².